The van der Waals surface area contributed by atoms with E-state index in [2.05, 4.69) is 0 Å². The van der Waals surface area contributed by atoms with Gasteiger partial charge in [-0.2, -0.15) is 0 Å². The van der Waals surface area contributed by atoms with E-state index in [1.165, 1.54) is 14.2 Å². The van der Waals surface area contributed by atoms with Crippen molar-refractivity contribution in [3.63, 3.8) is 0 Å². The highest BCUT2D eigenvalue weighted by Crippen LogP contribution is 2.34. The lowest BCUT2D eigenvalue weighted by Crippen LogP contribution is -2.13. The Morgan fingerprint density at radius 2 is 1.75 bits per heavy atom. The highest BCUT2D eigenvalue weighted by atomic mass is 16.5. The van der Waals surface area contributed by atoms with E-state index >= 15 is 0 Å². The first kappa shape index (κ1) is 12.3. The Bertz CT molecular complexity index is 400. The lowest BCUT2D eigenvalue weighted by Gasteiger charge is -2.16. The number of carboxylic acid groups (broad SMARTS) is 1. The Kier molecular flexibility index (Phi) is 3.73. The number of aliphatic carboxylic acids is 1. The fraction of sp³-hybridized carbons (Fsp3) is 0.364. The summed E-state index contributed by atoms with van der Waals surface area (Å²) < 4.78 is 10.1. The third-order valence-corrected chi connectivity index (χ3v) is 2.37. The fourth-order valence-electron chi connectivity index (χ4n) is 1.55. The zero-order valence-electron chi connectivity index (χ0n) is 9.35. The summed E-state index contributed by atoms with van der Waals surface area (Å²) in [5.74, 6) is -0.487. The van der Waals surface area contributed by atoms with Crippen LogP contribution in [0, 0.1) is 6.92 Å². The maximum Gasteiger partial charge on any atom is 0.337 e. The maximum absolute atomic E-state index is 10.8. The molecule has 0 aliphatic rings. The molecule has 1 unspecified atom stereocenters. The minimum Gasteiger partial charge on any atom is -0.496 e. The van der Waals surface area contributed by atoms with Crippen LogP contribution in [0.5, 0.6) is 11.5 Å². The van der Waals surface area contributed by atoms with Gasteiger partial charge in [0, 0.05) is 11.1 Å². The van der Waals surface area contributed by atoms with Crippen molar-refractivity contribution in [2.75, 3.05) is 14.2 Å². The van der Waals surface area contributed by atoms with Gasteiger partial charge in [-0.25, -0.2) is 4.79 Å². The second-order valence-corrected chi connectivity index (χ2v) is 3.25. The molecule has 0 aliphatic heterocycles. The summed E-state index contributed by atoms with van der Waals surface area (Å²) in [5.41, 5.74) is 0.770. The summed E-state index contributed by atoms with van der Waals surface area (Å²) in [4.78, 5) is 10.8. The second-order valence-electron chi connectivity index (χ2n) is 3.25. The lowest BCUT2D eigenvalue weighted by atomic mass is 10.0. The highest BCUT2D eigenvalue weighted by Gasteiger charge is 2.24. The predicted octanol–water partition coefficient (Wildman–Crippen LogP) is 1.13. The molecule has 0 bridgehead atoms. The van der Waals surface area contributed by atoms with Crippen molar-refractivity contribution in [2.45, 2.75) is 13.0 Å². The van der Waals surface area contributed by atoms with E-state index in [1.807, 2.05) is 0 Å². The van der Waals surface area contributed by atoms with Crippen LogP contribution in [0.25, 0.3) is 0 Å². The monoisotopic (exact) mass is 226 g/mol. The van der Waals surface area contributed by atoms with Crippen molar-refractivity contribution >= 4 is 5.97 Å². The van der Waals surface area contributed by atoms with Crippen LogP contribution >= 0.6 is 0 Å². The number of carboxylic acids is 1. The fourth-order valence-corrected chi connectivity index (χ4v) is 1.55. The van der Waals surface area contributed by atoms with Gasteiger partial charge in [-0.15, -0.1) is 0 Å². The lowest BCUT2D eigenvalue weighted by molar-refractivity contribution is -0.147. The van der Waals surface area contributed by atoms with Crippen LogP contribution in [0.15, 0.2) is 12.1 Å². The van der Waals surface area contributed by atoms with Gasteiger partial charge < -0.3 is 19.7 Å². The topological polar surface area (TPSA) is 76.0 Å². The van der Waals surface area contributed by atoms with Gasteiger partial charge in [0.2, 0.25) is 0 Å². The minimum atomic E-state index is -1.62. The molecule has 5 nitrogen and oxygen atoms in total. The second kappa shape index (κ2) is 4.85. The van der Waals surface area contributed by atoms with E-state index in [4.69, 9.17) is 14.6 Å². The van der Waals surface area contributed by atoms with Crippen LogP contribution in [0.1, 0.15) is 17.2 Å². The van der Waals surface area contributed by atoms with Crippen LogP contribution in [0.3, 0.4) is 0 Å². The van der Waals surface area contributed by atoms with Crippen LogP contribution in [0.2, 0.25) is 0 Å². The zero-order valence-corrected chi connectivity index (χ0v) is 9.35. The molecule has 0 amide bonds. The number of benzene rings is 1. The van der Waals surface area contributed by atoms with Gasteiger partial charge in [0.1, 0.15) is 11.5 Å². The van der Waals surface area contributed by atoms with Crippen LogP contribution in [-0.4, -0.2) is 30.4 Å². The van der Waals surface area contributed by atoms with Crippen molar-refractivity contribution < 1.29 is 24.5 Å². The van der Waals surface area contributed by atoms with E-state index in [-0.39, 0.29) is 5.56 Å². The molecular formula is C11H14O5. The quantitative estimate of drug-likeness (QED) is 0.804. The average molecular weight is 226 g/mol. The van der Waals surface area contributed by atoms with Gasteiger partial charge in [0.25, 0.3) is 0 Å². The molecule has 0 aromatic heterocycles. The number of hydrogen-bond donors (Lipinski definition) is 2. The highest BCUT2D eigenvalue weighted by molar-refractivity contribution is 5.76. The maximum atomic E-state index is 10.8. The number of rotatable bonds is 4. The van der Waals surface area contributed by atoms with Gasteiger partial charge in [0.05, 0.1) is 14.2 Å². The normalized spacial score (nSPS) is 12.0. The first-order valence-corrected chi connectivity index (χ1v) is 4.65. The van der Waals surface area contributed by atoms with Crippen LogP contribution in [0.4, 0.5) is 0 Å². The predicted molar refractivity (Wildman–Crippen MR) is 56.9 cm³/mol. The van der Waals surface area contributed by atoms with Crippen molar-refractivity contribution in [3.8, 4) is 11.5 Å². The average Bonchev–Trinajstić information content (AvgIpc) is 2.27. The molecule has 5 heteroatoms. The SMILES string of the molecule is COc1ccc(OC)c(C(O)C(=O)O)c1C. The van der Waals surface area contributed by atoms with Crippen molar-refractivity contribution in [1.29, 1.82) is 0 Å². The molecular weight excluding hydrogens is 212 g/mol. The number of aliphatic hydroxyl groups excluding tert-OH is 1. The van der Waals surface area contributed by atoms with E-state index in [9.17, 15) is 9.90 Å². The van der Waals surface area contributed by atoms with E-state index in [0.29, 0.717) is 17.1 Å². The summed E-state index contributed by atoms with van der Waals surface area (Å²) in [6.07, 6.45) is -1.62. The molecule has 16 heavy (non-hydrogen) atoms. The number of methoxy groups -OCH3 is 2. The van der Waals surface area contributed by atoms with Crippen molar-refractivity contribution in [2.24, 2.45) is 0 Å². The number of aliphatic hydroxyl groups is 1. The molecule has 1 aromatic carbocycles. The van der Waals surface area contributed by atoms with Crippen molar-refractivity contribution in [3.05, 3.63) is 23.3 Å². The molecule has 0 radical (unpaired) electrons. The molecule has 0 saturated carbocycles. The molecule has 0 heterocycles. The Labute approximate surface area is 93.2 Å². The first-order valence-electron chi connectivity index (χ1n) is 4.65. The smallest absolute Gasteiger partial charge is 0.337 e. The number of ether oxygens (including phenoxy) is 2. The molecule has 0 aliphatic carbocycles. The molecule has 88 valence electrons. The third kappa shape index (κ3) is 2.09. The van der Waals surface area contributed by atoms with E-state index in [0.717, 1.165) is 0 Å². The standard InChI is InChI=1S/C11H14O5/c1-6-7(15-2)4-5-8(16-3)9(6)10(12)11(13)14/h4-5,10,12H,1-3H3,(H,13,14). The molecule has 1 aromatic rings. The van der Waals surface area contributed by atoms with Crippen LogP contribution in [-0.2, 0) is 4.79 Å². The van der Waals surface area contributed by atoms with Gasteiger partial charge in [-0.1, -0.05) is 0 Å². The van der Waals surface area contributed by atoms with Gasteiger partial charge in [0.15, 0.2) is 6.10 Å². The van der Waals surface area contributed by atoms with Crippen LogP contribution < -0.4 is 9.47 Å². The largest absolute Gasteiger partial charge is 0.496 e. The molecule has 0 fully saturated rings. The third-order valence-electron chi connectivity index (χ3n) is 2.37. The van der Waals surface area contributed by atoms with E-state index in [1.54, 1.807) is 19.1 Å². The summed E-state index contributed by atoms with van der Waals surface area (Å²) in [6, 6.07) is 3.22. The summed E-state index contributed by atoms with van der Waals surface area (Å²) in [7, 11) is 2.89. The Balaban J connectivity index is 3.37. The minimum absolute atomic E-state index is 0.217. The molecule has 0 saturated heterocycles. The molecule has 0 spiro atoms. The van der Waals surface area contributed by atoms with E-state index < -0.39 is 12.1 Å². The summed E-state index contributed by atoms with van der Waals surface area (Å²) in [5, 5.41) is 18.4. The van der Waals surface area contributed by atoms with Crippen molar-refractivity contribution in [1.82, 2.24) is 0 Å². The number of hydrogen-bond acceptors (Lipinski definition) is 4. The molecule has 2 N–H and O–H groups in total. The molecule has 1 rings (SSSR count). The summed E-state index contributed by atoms with van der Waals surface area (Å²) >= 11 is 0. The van der Waals surface area contributed by atoms with Gasteiger partial charge >= 0.3 is 5.97 Å². The van der Waals surface area contributed by atoms with Gasteiger partial charge in [-0.3, -0.25) is 0 Å². The first-order chi connectivity index (χ1) is 7.52. The summed E-state index contributed by atoms with van der Waals surface area (Å²) in [6.45, 7) is 1.67. The Morgan fingerprint density at radius 3 is 2.19 bits per heavy atom. The number of carbonyl (C=O) groups is 1. The molecule has 1 atom stereocenters. The van der Waals surface area contributed by atoms with Gasteiger partial charge in [-0.05, 0) is 19.1 Å². The Hall–Kier alpha value is -1.75. The zero-order chi connectivity index (χ0) is 12.3. The Morgan fingerprint density at radius 1 is 1.25 bits per heavy atom.